The minimum absolute atomic E-state index is 0.135. The number of ether oxygens (including phenoxy) is 2. The monoisotopic (exact) mass is 291 g/mol. The molecule has 2 rings (SSSR count). The van der Waals surface area contributed by atoms with Gasteiger partial charge in [0.2, 0.25) is 0 Å². The topological polar surface area (TPSA) is 80.9 Å². The maximum atomic E-state index is 10.8. The number of hydrogen-bond acceptors (Lipinski definition) is 5. The summed E-state index contributed by atoms with van der Waals surface area (Å²) in [5, 5.41) is 12.0. The molecule has 0 saturated carbocycles. The van der Waals surface area contributed by atoms with E-state index in [4.69, 9.17) is 19.0 Å². The highest BCUT2D eigenvalue weighted by atomic mass is 16.5. The van der Waals surface area contributed by atoms with Gasteiger partial charge >= 0.3 is 5.97 Å². The normalized spacial score (nSPS) is 10.2. The van der Waals surface area contributed by atoms with E-state index >= 15 is 0 Å². The Kier molecular flexibility index (Phi) is 4.71. The number of hydrogen-bond donors (Lipinski definition) is 2. The summed E-state index contributed by atoms with van der Waals surface area (Å²) in [5.74, 6) is 0.845. The van der Waals surface area contributed by atoms with Crippen molar-refractivity contribution in [1.82, 2.24) is 0 Å². The Morgan fingerprint density at radius 3 is 2.76 bits per heavy atom. The van der Waals surface area contributed by atoms with Crippen molar-refractivity contribution in [2.45, 2.75) is 13.5 Å². The van der Waals surface area contributed by atoms with Crippen molar-refractivity contribution in [3.8, 4) is 11.5 Å². The van der Waals surface area contributed by atoms with Crippen molar-refractivity contribution in [2.75, 3.05) is 19.0 Å². The number of anilines is 1. The highest BCUT2D eigenvalue weighted by Gasteiger charge is 2.09. The van der Waals surface area contributed by atoms with E-state index in [0.717, 1.165) is 5.69 Å². The number of carboxylic acids is 1. The van der Waals surface area contributed by atoms with E-state index in [-0.39, 0.29) is 5.56 Å². The minimum Gasteiger partial charge on any atom is -0.493 e. The fourth-order valence-electron chi connectivity index (χ4n) is 1.83. The molecule has 1 aromatic carbocycles. The minimum atomic E-state index is -1.01. The number of methoxy groups -OCH3 is 1. The molecule has 2 N–H and O–H groups in total. The number of carboxylic acid groups (broad SMARTS) is 1. The smallest absolute Gasteiger partial charge is 0.338 e. The van der Waals surface area contributed by atoms with Gasteiger partial charge < -0.3 is 24.3 Å². The maximum Gasteiger partial charge on any atom is 0.338 e. The van der Waals surface area contributed by atoms with Crippen LogP contribution in [-0.4, -0.2) is 24.8 Å². The fourth-order valence-corrected chi connectivity index (χ4v) is 1.83. The molecular formula is C15H17NO5. The molecule has 21 heavy (non-hydrogen) atoms. The SMILES string of the molecule is CCOc1ccc(NCc2cc(C(=O)O)co2)cc1OC. The number of nitrogens with one attached hydrogen (secondary N) is 1. The lowest BCUT2D eigenvalue weighted by atomic mass is 10.2. The molecule has 0 saturated heterocycles. The van der Waals surface area contributed by atoms with Crippen LogP contribution in [0.4, 0.5) is 5.69 Å². The number of carbonyl (C=O) groups is 1. The summed E-state index contributed by atoms with van der Waals surface area (Å²) in [7, 11) is 1.58. The lowest BCUT2D eigenvalue weighted by Crippen LogP contribution is -2.00. The zero-order valence-corrected chi connectivity index (χ0v) is 11.9. The largest absolute Gasteiger partial charge is 0.493 e. The van der Waals surface area contributed by atoms with Crippen LogP contribution in [0.5, 0.6) is 11.5 Å². The van der Waals surface area contributed by atoms with Gasteiger partial charge in [-0.3, -0.25) is 0 Å². The van der Waals surface area contributed by atoms with E-state index < -0.39 is 5.97 Å². The van der Waals surface area contributed by atoms with Gasteiger partial charge in [-0.15, -0.1) is 0 Å². The molecular weight excluding hydrogens is 274 g/mol. The number of benzene rings is 1. The highest BCUT2D eigenvalue weighted by molar-refractivity contribution is 5.87. The Morgan fingerprint density at radius 2 is 2.14 bits per heavy atom. The van der Waals surface area contributed by atoms with Gasteiger partial charge in [0.05, 0.1) is 25.8 Å². The maximum absolute atomic E-state index is 10.8. The third kappa shape index (κ3) is 3.68. The first kappa shape index (κ1) is 14.8. The summed E-state index contributed by atoms with van der Waals surface area (Å²) in [6, 6.07) is 6.97. The summed E-state index contributed by atoms with van der Waals surface area (Å²) in [6.45, 7) is 2.85. The van der Waals surface area contributed by atoms with E-state index in [1.165, 1.54) is 12.3 Å². The van der Waals surface area contributed by atoms with E-state index in [9.17, 15) is 4.79 Å². The van der Waals surface area contributed by atoms with Crippen LogP contribution < -0.4 is 14.8 Å². The van der Waals surface area contributed by atoms with Gasteiger partial charge in [-0.2, -0.15) is 0 Å². The molecule has 0 aliphatic rings. The molecule has 0 fully saturated rings. The Balaban J connectivity index is 2.03. The first-order valence-electron chi connectivity index (χ1n) is 6.49. The summed E-state index contributed by atoms with van der Waals surface area (Å²) >= 11 is 0. The van der Waals surface area contributed by atoms with E-state index in [0.29, 0.717) is 30.4 Å². The summed E-state index contributed by atoms with van der Waals surface area (Å²) in [6.07, 6.45) is 1.22. The average Bonchev–Trinajstić information content (AvgIpc) is 2.95. The predicted molar refractivity (Wildman–Crippen MR) is 77.2 cm³/mol. The van der Waals surface area contributed by atoms with Gasteiger partial charge in [-0.05, 0) is 25.1 Å². The van der Waals surface area contributed by atoms with Gasteiger partial charge in [0.1, 0.15) is 12.0 Å². The summed E-state index contributed by atoms with van der Waals surface area (Å²) in [4.78, 5) is 10.8. The second kappa shape index (κ2) is 6.69. The van der Waals surface area contributed by atoms with Crippen LogP contribution in [0, 0.1) is 0 Å². The van der Waals surface area contributed by atoms with Crippen molar-refractivity contribution in [1.29, 1.82) is 0 Å². The summed E-state index contributed by atoms with van der Waals surface area (Å²) in [5.41, 5.74) is 0.958. The molecule has 6 heteroatoms. The molecule has 0 aliphatic carbocycles. The molecule has 0 spiro atoms. The zero-order valence-electron chi connectivity index (χ0n) is 11.9. The molecule has 112 valence electrons. The van der Waals surface area contributed by atoms with Gasteiger partial charge in [0, 0.05) is 11.8 Å². The predicted octanol–water partition coefficient (Wildman–Crippen LogP) is 3.00. The Morgan fingerprint density at radius 1 is 1.33 bits per heavy atom. The lowest BCUT2D eigenvalue weighted by molar-refractivity contribution is 0.0696. The van der Waals surface area contributed by atoms with Crippen molar-refractivity contribution in [2.24, 2.45) is 0 Å². The third-order valence-electron chi connectivity index (χ3n) is 2.83. The van der Waals surface area contributed by atoms with E-state index in [2.05, 4.69) is 5.32 Å². The average molecular weight is 291 g/mol. The van der Waals surface area contributed by atoms with Crippen LogP contribution in [0.15, 0.2) is 34.9 Å². The zero-order chi connectivity index (χ0) is 15.2. The fraction of sp³-hybridized carbons (Fsp3) is 0.267. The summed E-state index contributed by atoms with van der Waals surface area (Å²) < 4.78 is 15.9. The second-order valence-corrected chi connectivity index (χ2v) is 4.26. The molecule has 0 radical (unpaired) electrons. The molecule has 6 nitrogen and oxygen atoms in total. The van der Waals surface area contributed by atoms with Crippen LogP contribution in [0.3, 0.4) is 0 Å². The number of aromatic carboxylic acids is 1. The van der Waals surface area contributed by atoms with Crippen LogP contribution in [0.1, 0.15) is 23.0 Å². The third-order valence-corrected chi connectivity index (χ3v) is 2.83. The molecule has 2 aromatic rings. The number of rotatable bonds is 7. The van der Waals surface area contributed by atoms with Crippen molar-refractivity contribution >= 4 is 11.7 Å². The van der Waals surface area contributed by atoms with Gasteiger partial charge in [0.25, 0.3) is 0 Å². The Hall–Kier alpha value is -2.63. The molecule has 0 atom stereocenters. The first-order valence-corrected chi connectivity index (χ1v) is 6.49. The molecule has 0 unspecified atom stereocenters. The van der Waals surface area contributed by atoms with E-state index in [1.807, 2.05) is 25.1 Å². The molecule has 1 heterocycles. The molecule has 0 amide bonds. The van der Waals surface area contributed by atoms with Gasteiger partial charge in [0.15, 0.2) is 11.5 Å². The highest BCUT2D eigenvalue weighted by Crippen LogP contribution is 2.30. The van der Waals surface area contributed by atoms with Crippen molar-refractivity contribution in [3.05, 3.63) is 41.9 Å². The second-order valence-electron chi connectivity index (χ2n) is 4.26. The Labute approximate surface area is 122 Å². The van der Waals surface area contributed by atoms with Crippen molar-refractivity contribution in [3.63, 3.8) is 0 Å². The first-order chi connectivity index (χ1) is 10.1. The molecule has 0 bridgehead atoms. The lowest BCUT2D eigenvalue weighted by Gasteiger charge is -2.11. The van der Waals surface area contributed by atoms with Crippen LogP contribution in [0.25, 0.3) is 0 Å². The van der Waals surface area contributed by atoms with Gasteiger partial charge in [-0.25, -0.2) is 4.79 Å². The van der Waals surface area contributed by atoms with Gasteiger partial charge in [-0.1, -0.05) is 0 Å². The van der Waals surface area contributed by atoms with Crippen molar-refractivity contribution < 1.29 is 23.8 Å². The van der Waals surface area contributed by atoms with E-state index in [1.54, 1.807) is 7.11 Å². The Bertz CT molecular complexity index is 620. The van der Waals surface area contributed by atoms with Crippen LogP contribution in [0.2, 0.25) is 0 Å². The number of furan rings is 1. The van der Waals surface area contributed by atoms with Crippen LogP contribution >= 0.6 is 0 Å². The standard InChI is InChI=1S/C15H17NO5/c1-3-20-13-5-4-11(7-14(13)19-2)16-8-12-6-10(9-21-12)15(17)18/h4-7,9,16H,3,8H2,1-2H3,(H,17,18). The molecule has 0 aliphatic heterocycles. The molecule has 1 aromatic heterocycles. The quantitative estimate of drug-likeness (QED) is 0.816. The van der Waals surface area contributed by atoms with Crippen LogP contribution in [-0.2, 0) is 6.54 Å².